The molecule has 0 bridgehead atoms. The normalized spacial score (nSPS) is 11.7. The maximum atomic E-state index is 12.9. The summed E-state index contributed by atoms with van der Waals surface area (Å²) in [7, 11) is 0. The summed E-state index contributed by atoms with van der Waals surface area (Å²) < 4.78 is 18.6. The van der Waals surface area contributed by atoms with Crippen molar-refractivity contribution in [3.05, 3.63) is 58.8 Å². The van der Waals surface area contributed by atoms with Gasteiger partial charge < -0.3 is 4.42 Å². The maximum absolute atomic E-state index is 12.9. The van der Waals surface area contributed by atoms with Crippen LogP contribution < -0.4 is 0 Å². The zero-order valence-corrected chi connectivity index (χ0v) is 12.3. The Balaban J connectivity index is 2.37. The molecular weight excluding hydrogens is 255 g/mol. The van der Waals surface area contributed by atoms with Crippen LogP contribution in [-0.4, -0.2) is 5.78 Å². The van der Waals surface area contributed by atoms with Gasteiger partial charge in [0.15, 0.2) is 11.5 Å². The van der Waals surface area contributed by atoms with Crippen LogP contribution in [0, 0.1) is 5.82 Å². The van der Waals surface area contributed by atoms with E-state index in [4.69, 9.17) is 4.42 Å². The highest BCUT2D eigenvalue weighted by molar-refractivity contribution is 5.93. The molecule has 0 atom stereocenters. The van der Waals surface area contributed by atoms with Crippen LogP contribution in [0.25, 0.3) is 0 Å². The van der Waals surface area contributed by atoms with Crippen LogP contribution in [0.1, 0.15) is 55.1 Å². The molecule has 0 aliphatic heterocycles. The summed E-state index contributed by atoms with van der Waals surface area (Å²) in [6, 6.07) is 8.23. The second-order valence-electron chi connectivity index (χ2n) is 6.07. The van der Waals surface area contributed by atoms with Gasteiger partial charge in [0.2, 0.25) is 0 Å². The highest BCUT2D eigenvalue weighted by atomic mass is 19.1. The van der Waals surface area contributed by atoms with Crippen LogP contribution in [0.5, 0.6) is 0 Å². The Morgan fingerprint density at radius 2 is 1.80 bits per heavy atom. The van der Waals surface area contributed by atoms with Crippen molar-refractivity contribution < 1.29 is 13.6 Å². The van der Waals surface area contributed by atoms with E-state index in [0.29, 0.717) is 12.2 Å². The lowest BCUT2D eigenvalue weighted by molar-refractivity contribution is 0.0983. The highest BCUT2D eigenvalue weighted by Crippen LogP contribution is 2.29. The first-order chi connectivity index (χ1) is 9.27. The van der Waals surface area contributed by atoms with Gasteiger partial charge in [0.25, 0.3) is 0 Å². The van der Waals surface area contributed by atoms with Gasteiger partial charge in [0.1, 0.15) is 11.6 Å². The van der Waals surface area contributed by atoms with Gasteiger partial charge in [-0.05, 0) is 23.8 Å². The Morgan fingerprint density at radius 1 is 1.20 bits per heavy atom. The fourth-order valence-electron chi connectivity index (χ4n) is 2.05. The summed E-state index contributed by atoms with van der Waals surface area (Å²) in [6.07, 6.45) is 0.564. The minimum absolute atomic E-state index is 0.0855. The number of carbonyl (C=O) groups is 1. The maximum Gasteiger partial charge on any atom is 0.195 e. The van der Waals surface area contributed by atoms with Crippen molar-refractivity contribution in [3.63, 3.8) is 0 Å². The first-order valence-electron chi connectivity index (χ1n) is 6.66. The molecule has 3 heteroatoms. The van der Waals surface area contributed by atoms with E-state index >= 15 is 0 Å². The van der Waals surface area contributed by atoms with E-state index in [2.05, 4.69) is 0 Å². The number of furan rings is 1. The number of hydrogen-bond acceptors (Lipinski definition) is 2. The highest BCUT2D eigenvalue weighted by Gasteiger charge is 2.23. The SMILES string of the molecule is CC(=O)c1oc(C(C)(C)C)cc1Cc1ccc(F)cc1. The Kier molecular flexibility index (Phi) is 3.80. The van der Waals surface area contributed by atoms with Crippen molar-refractivity contribution >= 4 is 5.78 Å². The third-order valence-electron chi connectivity index (χ3n) is 3.18. The van der Waals surface area contributed by atoms with Crippen molar-refractivity contribution in [1.29, 1.82) is 0 Å². The molecule has 0 radical (unpaired) electrons. The van der Waals surface area contributed by atoms with Crippen LogP contribution in [0.2, 0.25) is 0 Å². The summed E-state index contributed by atoms with van der Waals surface area (Å²) in [6.45, 7) is 7.62. The van der Waals surface area contributed by atoms with E-state index in [1.807, 2.05) is 26.8 Å². The summed E-state index contributed by atoms with van der Waals surface area (Å²) >= 11 is 0. The summed E-state index contributed by atoms with van der Waals surface area (Å²) in [4.78, 5) is 11.7. The molecule has 0 aliphatic carbocycles. The number of benzene rings is 1. The van der Waals surface area contributed by atoms with Gasteiger partial charge in [-0.15, -0.1) is 0 Å². The van der Waals surface area contributed by atoms with Gasteiger partial charge in [-0.2, -0.15) is 0 Å². The van der Waals surface area contributed by atoms with E-state index < -0.39 is 0 Å². The predicted molar refractivity (Wildman–Crippen MR) is 76.6 cm³/mol. The Bertz CT molecular complexity index is 615. The first-order valence-corrected chi connectivity index (χ1v) is 6.66. The molecule has 106 valence electrons. The average molecular weight is 274 g/mol. The largest absolute Gasteiger partial charge is 0.457 e. The third kappa shape index (κ3) is 3.16. The fourth-order valence-corrected chi connectivity index (χ4v) is 2.05. The zero-order valence-electron chi connectivity index (χ0n) is 12.3. The monoisotopic (exact) mass is 274 g/mol. The Morgan fingerprint density at radius 3 is 2.30 bits per heavy atom. The van der Waals surface area contributed by atoms with Gasteiger partial charge in [-0.3, -0.25) is 4.79 Å². The smallest absolute Gasteiger partial charge is 0.195 e. The van der Waals surface area contributed by atoms with Gasteiger partial charge in [0.05, 0.1) is 0 Å². The van der Waals surface area contributed by atoms with E-state index in [-0.39, 0.29) is 17.0 Å². The second-order valence-corrected chi connectivity index (χ2v) is 6.07. The molecule has 1 heterocycles. The number of ketones is 1. The van der Waals surface area contributed by atoms with Gasteiger partial charge in [0, 0.05) is 24.3 Å². The summed E-state index contributed by atoms with van der Waals surface area (Å²) in [5, 5.41) is 0. The summed E-state index contributed by atoms with van der Waals surface area (Å²) in [5.74, 6) is 0.847. The number of halogens is 1. The van der Waals surface area contributed by atoms with Crippen LogP contribution in [0.4, 0.5) is 4.39 Å². The number of Topliss-reactive ketones (excluding diaryl/α,β-unsaturated/α-hetero) is 1. The quantitative estimate of drug-likeness (QED) is 0.771. The van der Waals surface area contributed by atoms with Crippen LogP contribution in [0.3, 0.4) is 0 Å². The minimum Gasteiger partial charge on any atom is -0.457 e. The zero-order chi connectivity index (χ0) is 14.9. The molecule has 0 spiro atoms. The molecule has 1 aromatic carbocycles. The van der Waals surface area contributed by atoms with Crippen LogP contribution >= 0.6 is 0 Å². The van der Waals surface area contributed by atoms with Gasteiger partial charge >= 0.3 is 0 Å². The minimum atomic E-state index is -0.261. The van der Waals surface area contributed by atoms with E-state index in [0.717, 1.165) is 16.9 Å². The fraction of sp³-hybridized carbons (Fsp3) is 0.353. The molecule has 0 saturated carbocycles. The average Bonchev–Trinajstić information content (AvgIpc) is 2.76. The topological polar surface area (TPSA) is 30.2 Å². The molecule has 0 aliphatic rings. The van der Waals surface area contributed by atoms with E-state index in [1.54, 1.807) is 12.1 Å². The number of carbonyl (C=O) groups excluding carboxylic acids is 1. The molecule has 20 heavy (non-hydrogen) atoms. The lowest BCUT2D eigenvalue weighted by atomic mass is 9.92. The lowest BCUT2D eigenvalue weighted by Crippen LogP contribution is -2.09. The Hall–Kier alpha value is -1.90. The molecule has 0 saturated heterocycles. The van der Waals surface area contributed by atoms with Crippen molar-refractivity contribution in [2.24, 2.45) is 0 Å². The lowest BCUT2D eigenvalue weighted by Gasteiger charge is -2.13. The van der Waals surface area contributed by atoms with Crippen molar-refractivity contribution in [3.8, 4) is 0 Å². The van der Waals surface area contributed by atoms with E-state index in [1.165, 1.54) is 19.1 Å². The second kappa shape index (κ2) is 5.23. The van der Waals surface area contributed by atoms with Crippen molar-refractivity contribution in [1.82, 2.24) is 0 Å². The molecule has 0 N–H and O–H groups in total. The number of rotatable bonds is 3. The van der Waals surface area contributed by atoms with E-state index in [9.17, 15) is 9.18 Å². The Labute approximate surface area is 118 Å². The molecule has 2 aromatic rings. The standard InChI is InChI=1S/C17H19FO2/c1-11(19)16-13(10-15(20-16)17(2,3)4)9-12-5-7-14(18)8-6-12/h5-8,10H,9H2,1-4H3. The van der Waals surface area contributed by atoms with Crippen molar-refractivity contribution in [2.45, 2.75) is 39.5 Å². The van der Waals surface area contributed by atoms with Gasteiger partial charge in [-0.1, -0.05) is 32.9 Å². The number of hydrogen-bond donors (Lipinski definition) is 0. The molecular formula is C17H19FO2. The molecule has 0 fully saturated rings. The van der Waals surface area contributed by atoms with Crippen molar-refractivity contribution in [2.75, 3.05) is 0 Å². The predicted octanol–water partition coefficient (Wildman–Crippen LogP) is 4.51. The van der Waals surface area contributed by atoms with Crippen LogP contribution in [-0.2, 0) is 11.8 Å². The molecule has 2 nitrogen and oxygen atoms in total. The van der Waals surface area contributed by atoms with Gasteiger partial charge in [-0.25, -0.2) is 4.39 Å². The molecule has 1 aromatic heterocycles. The third-order valence-corrected chi connectivity index (χ3v) is 3.18. The summed E-state index contributed by atoms with van der Waals surface area (Å²) in [5.41, 5.74) is 1.66. The van der Waals surface area contributed by atoms with Crippen LogP contribution in [0.15, 0.2) is 34.7 Å². The molecule has 0 unspecified atom stereocenters. The molecule has 0 amide bonds. The molecule has 2 rings (SSSR count). The first kappa shape index (κ1) is 14.5.